The van der Waals surface area contributed by atoms with Crippen molar-refractivity contribution < 1.29 is 4.79 Å². The first kappa shape index (κ1) is 19.0. The zero-order valence-corrected chi connectivity index (χ0v) is 17.3. The summed E-state index contributed by atoms with van der Waals surface area (Å²) < 4.78 is 0. The first-order valence-corrected chi connectivity index (χ1v) is 9.19. The molecule has 1 aromatic carbocycles. The van der Waals surface area contributed by atoms with E-state index in [1.54, 1.807) is 0 Å². The van der Waals surface area contributed by atoms with Crippen LogP contribution in [0.3, 0.4) is 0 Å². The number of hydrogen-bond donors (Lipinski definition) is 2. The highest BCUT2D eigenvalue weighted by molar-refractivity contribution is 8.93. The van der Waals surface area contributed by atoms with Crippen molar-refractivity contribution in [1.82, 2.24) is 20.1 Å². The quantitative estimate of drug-likeness (QED) is 0.801. The summed E-state index contributed by atoms with van der Waals surface area (Å²) in [6.45, 7) is 6.34. The van der Waals surface area contributed by atoms with Crippen molar-refractivity contribution in [3.8, 4) is 0 Å². The zero-order chi connectivity index (χ0) is 17.6. The van der Waals surface area contributed by atoms with E-state index in [1.165, 1.54) is 27.6 Å². The summed E-state index contributed by atoms with van der Waals surface area (Å²) in [6.07, 6.45) is 5.44. The van der Waals surface area contributed by atoms with Crippen LogP contribution in [0.5, 0.6) is 0 Å². The maximum Gasteiger partial charge on any atom is 0.317 e. The molecule has 2 N–H and O–H groups in total. The molecule has 0 saturated heterocycles. The minimum atomic E-state index is 0. The number of fused-ring (bicyclic) bond motifs is 2. The summed E-state index contributed by atoms with van der Waals surface area (Å²) >= 11 is 0. The number of aromatic amines is 1. The lowest BCUT2D eigenvalue weighted by molar-refractivity contribution is 0.193. The molecule has 2 aliphatic rings. The van der Waals surface area contributed by atoms with Gasteiger partial charge in [0.25, 0.3) is 0 Å². The number of nitrogens with one attached hydrogen (secondary N) is 2. The van der Waals surface area contributed by atoms with E-state index >= 15 is 0 Å². The predicted molar refractivity (Wildman–Crippen MR) is 112 cm³/mol. The molecule has 2 atom stereocenters. The Balaban J connectivity index is 0.00000196. The maximum atomic E-state index is 12.4. The van der Waals surface area contributed by atoms with Gasteiger partial charge in [-0.2, -0.15) is 0 Å². The van der Waals surface area contributed by atoms with E-state index in [2.05, 4.69) is 52.7 Å². The molecule has 2 amide bonds. The van der Waals surface area contributed by atoms with Crippen molar-refractivity contribution in [3.63, 3.8) is 0 Å². The molecule has 0 bridgehead atoms. The molecule has 0 saturated carbocycles. The van der Waals surface area contributed by atoms with Crippen molar-refractivity contribution in [2.24, 2.45) is 0 Å². The van der Waals surface area contributed by atoms with Gasteiger partial charge in [-0.3, -0.25) is 4.90 Å². The summed E-state index contributed by atoms with van der Waals surface area (Å²) in [7, 11) is 2.16. The topological polar surface area (TPSA) is 51.4 Å². The van der Waals surface area contributed by atoms with Gasteiger partial charge in [0.1, 0.15) is 0 Å². The van der Waals surface area contributed by atoms with Crippen LogP contribution in [-0.2, 0) is 6.42 Å². The Labute approximate surface area is 165 Å². The highest BCUT2D eigenvalue weighted by atomic mass is 79.9. The number of benzene rings is 1. The number of likely N-dealkylation sites (N-methyl/N-ethyl adjacent to an activating group) is 1. The molecule has 4 rings (SSSR count). The van der Waals surface area contributed by atoms with Gasteiger partial charge in [0.05, 0.1) is 6.04 Å². The SMILES string of the molecule is Br.CCN(CC)C(=O)N[C@H]1C=C2c3cccc4[nH]cc(c34)C[C@H]2N(C)C1. The summed E-state index contributed by atoms with van der Waals surface area (Å²) in [5.41, 5.74) is 5.24. The average Bonchev–Trinajstić information content (AvgIpc) is 3.02. The van der Waals surface area contributed by atoms with Gasteiger partial charge in [0.15, 0.2) is 0 Å². The van der Waals surface area contributed by atoms with Crippen LogP contribution in [-0.4, -0.2) is 59.6 Å². The number of halogens is 1. The fourth-order valence-corrected chi connectivity index (χ4v) is 4.30. The van der Waals surface area contributed by atoms with Crippen molar-refractivity contribution in [2.45, 2.75) is 32.4 Å². The molecule has 5 nitrogen and oxygen atoms in total. The molecule has 1 aliphatic carbocycles. The summed E-state index contributed by atoms with van der Waals surface area (Å²) in [4.78, 5) is 20.0. The number of nitrogens with zero attached hydrogens (tertiary/aromatic N) is 2. The molecule has 0 spiro atoms. The Morgan fingerprint density at radius 2 is 2.12 bits per heavy atom. The Bertz CT molecular complexity index is 839. The van der Waals surface area contributed by atoms with E-state index in [0.717, 1.165) is 26.1 Å². The number of H-pyrrole nitrogens is 1. The van der Waals surface area contributed by atoms with Gasteiger partial charge in [-0.25, -0.2) is 4.79 Å². The molecule has 6 heteroatoms. The van der Waals surface area contributed by atoms with Crippen molar-refractivity contribution in [3.05, 3.63) is 41.6 Å². The number of urea groups is 1. The first-order valence-electron chi connectivity index (χ1n) is 9.19. The summed E-state index contributed by atoms with van der Waals surface area (Å²) in [5, 5.41) is 4.54. The van der Waals surface area contributed by atoms with Crippen LogP contribution in [0.4, 0.5) is 4.79 Å². The summed E-state index contributed by atoms with van der Waals surface area (Å²) in [5.74, 6) is 0. The molecular formula is C20H27BrN4O. The Morgan fingerprint density at radius 3 is 2.85 bits per heavy atom. The lowest BCUT2D eigenvalue weighted by Crippen LogP contribution is -2.52. The highest BCUT2D eigenvalue weighted by Gasteiger charge is 2.34. The minimum absolute atomic E-state index is 0. The van der Waals surface area contributed by atoms with Crippen LogP contribution < -0.4 is 5.32 Å². The lowest BCUT2D eigenvalue weighted by atomic mass is 9.81. The van der Waals surface area contributed by atoms with Gasteiger partial charge in [0.2, 0.25) is 0 Å². The summed E-state index contributed by atoms with van der Waals surface area (Å²) in [6, 6.07) is 6.90. The van der Waals surface area contributed by atoms with Gasteiger partial charge in [-0.1, -0.05) is 18.2 Å². The van der Waals surface area contributed by atoms with E-state index < -0.39 is 0 Å². The van der Waals surface area contributed by atoms with E-state index in [9.17, 15) is 4.79 Å². The van der Waals surface area contributed by atoms with Crippen molar-refractivity contribution >= 4 is 39.5 Å². The van der Waals surface area contributed by atoms with Crippen LogP contribution in [0.2, 0.25) is 0 Å². The van der Waals surface area contributed by atoms with E-state index in [0.29, 0.717) is 6.04 Å². The van der Waals surface area contributed by atoms with Crippen LogP contribution in [0.25, 0.3) is 16.5 Å². The van der Waals surface area contributed by atoms with Crippen LogP contribution in [0.1, 0.15) is 25.0 Å². The number of aromatic nitrogens is 1. The van der Waals surface area contributed by atoms with Gasteiger partial charge in [-0.05, 0) is 50.1 Å². The Kier molecular flexibility index (Phi) is 5.44. The third-order valence-corrected chi connectivity index (χ3v) is 5.63. The standard InChI is InChI=1S/C20H26N4O.BrH/c1-4-24(5-2)20(25)22-14-10-16-15-7-6-8-17-19(15)13(11-21-17)9-18(16)23(3)12-14;/h6-8,10-11,14,18,21H,4-5,9,12H2,1-3H3,(H,22,25);1H/t14-,18+;/m0./s1. The number of hydrogen-bond acceptors (Lipinski definition) is 2. The van der Waals surface area contributed by atoms with Crippen LogP contribution in [0.15, 0.2) is 30.5 Å². The number of carbonyl (C=O) groups excluding carboxylic acids is 1. The van der Waals surface area contributed by atoms with Crippen LogP contribution >= 0.6 is 17.0 Å². The molecule has 140 valence electrons. The van der Waals surface area contributed by atoms with Gasteiger partial charge < -0.3 is 15.2 Å². The van der Waals surface area contributed by atoms with E-state index in [4.69, 9.17) is 0 Å². The average molecular weight is 419 g/mol. The minimum Gasteiger partial charge on any atom is -0.361 e. The maximum absolute atomic E-state index is 12.4. The van der Waals surface area contributed by atoms with E-state index in [1.807, 2.05) is 18.7 Å². The Morgan fingerprint density at radius 1 is 1.35 bits per heavy atom. The monoisotopic (exact) mass is 418 g/mol. The first-order chi connectivity index (χ1) is 12.1. The fraction of sp³-hybridized carbons (Fsp3) is 0.450. The molecule has 0 unspecified atom stereocenters. The predicted octanol–water partition coefficient (Wildman–Crippen LogP) is 3.42. The molecular weight excluding hydrogens is 392 g/mol. The molecule has 1 aromatic heterocycles. The molecule has 2 heterocycles. The Hall–Kier alpha value is -1.79. The largest absolute Gasteiger partial charge is 0.361 e. The van der Waals surface area contributed by atoms with Gasteiger partial charge in [-0.15, -0.1) is 17.0 Å². The van der Waals surface area contributed by atoms with Gasteiger partial charge >= 0.3 is 6.03 Å². The smallest absolute Gasteiger partial charge is 0.317 e. The van der Waals surface area contributed by atoms with Crippen molar-refractivity contribution in [1.29, 1.82) is 0 Å². The van der Waals surface area contributed by atoms with Crippen molar-refractivity contribution in [2.75, 3.05) is 26.7 Å². The second-order valence-corrected chi connectivity index (χ2v) is 7.05. The lowest BCUT2D eigenvalue weighted by Gasteiger charge is -2.40. The normalized spacial score (nSPS) is 21.6. The molecule has 0 fully saturated rings. The van der Waals surface area contributed by atoms with Gasteiger partial charge in [0, 0.05) is 42.8 Å². The van der Waals surface area contributed by atoms with Crippen LogP contribution in [0, 0.1) is 0 Å². The molecule has 0 radical (unpaired) electrons. The van der Waals surface area contributed by atoms with E-state index in [-0.39, 0.29) is 29.1 Å². The number of rotatable bonds is 3. The second kappa shape index (κ2) is 7.45. The fourth-order valence-electron chi connectivity index (χ4n) is 4.30. The highest BCUT2D eigenvalue weighted by Crippen LogP contribution is 2.39. The zero-order valence-electron chi connectivity index (χ0n) is 15.6. The third-order valence-electron chi connectivity index (χ3n) is 5.63. The molecule has 1 aliphatic heterocycles. The number of carbonyl (C=O) groups is 1. The molecule has 26 heavy (non-hydrogen) atoms. The second-order valence-electron chi connectivity index (χ2n) is 7.05. The molecule has 2 aromatic rings. The number of amides is 2. The third kappa shape index (κ3) is 3.05.